The molecule has 0 atom stereocenters. The van der Waals surface area contributed by atoms with E-state index in [4.69, 9.17) is 0 Å². The minimum Gasteiger partial charge on any atom is -0.355 e. The van der Waals surface area contributed by atoms with Crippen molar-refractivity contribution in [2.45, 2.75) is 46.6 Å². The SMILES string of the molecule is Cc1cc2nc(C)c(=O)n(CCC(=O)NCCN3CCCC3)c2cc1C. The van der Waals surface area contributed by atoms with Crippen molar-refractivity contribution in [2.24, 2.45) is 0 Å². The van der Waals surface area contributed by atoms with Crippen LogP contribution in [0.2, 0.25) is 0 Å². The summed E-state index contributed by atoms with van der Waals surface area (Å²) in [4.78, 5) is 31.5. The summed E-state index contributed by atoms with van der Waals surface area (Å²) >= 11 is 0. The minimum absolute atomic E-state index is 0.0115. The smallest absolute Gasteiger partial charge is 0.272 e. The maximum atomic E-state index is 12.5. The van der Waals surface area contributed by atoms with Crippen molar-refractivity contribution in [3.05, 3.63) is 39.3 Å². The van der Waals surface area contributed by atoms with Gasteiger partial charge in [-0.15, -0.1) is 0 Å². The highest BCUT2D eigenvalue weighted by Crippen LogP contribution is 2.17. The minimum atomic E-state index is -0.120. The third kappa shape index (κ3) is 4.12. The molecule has 6 heteroatoms. The van der Waals surface area contributed by atoms with Gasteiger partial charge in [0.1, 0.15) is 5.69 Å². The Kier molecular flexibility index (Phi) is 5.71. The molecule has 0 aliphatic carbocycles. The average molecular weight is 356 g/mol. The molecule has 1 fully saturated rings. The van der Waals surface area contributed by atoms with Crippen molar-refractivity contribution >= 4 is 16.9 Å². The number of rotatable bonds is 6. The number of benzene rings is 1. The molecule has 0 saturated carbocycles. The number of hydrogen-bond donors (Lipinski definition) is 1. The summed E-state index contributed by atoms with van der Waals surface area (Å²) in [6.07, 6.45) is 2.81. The van der Waals surface area contributed by atoms with E-state index in [-0.39, 0.29) is 11.5 Å². The molecule has 0 bridgehead atoms. The van der Waals surface area contributed by atoms with Gasteiger partial charge in [-0.25, -0.2) is 4.98 Å². The lowest BCUT2D eigenvalue weighted by atomic mass is 10.1. The van der Waals surface area contributed by atoms with Gasteiger partial charge >= 0.3 is 0 Å². The molecule has 1 aromatic heterocycles. The van der Waals surface area contributed by atoms with E-state index in [2.05, 4.69) is 15.2 Å². The molecule has 3 rings (SSSR count). The third-order valence-corrected chi connectivity index (χ3v) is 5.24. The summed E-state index contributed by atoms with van der Waals surface area (Å²) in [5, 5.41) is 2.97. The fourth-order valence-electron chi connectivity index (χ4n) is 3.51. The summed E-state index contributed by atoms with van der Waals surface area (Å²) in [7, 11) is 0. The van der Waals surface area contributed by atoms with Gasteiger partial charge in [0.15, 0.2) is 0 Å². The fraction of sp³-hybridized carbons (Fsp3) is 0.550. The van der Waals surface area contributed by atoms with Gasteiger partial charge < -0.3 is 14.8 Å². The number of carbonyl (C=O) groups excluding carboxylic acids is 1. The number of fused-ring (bicyclic) bond motifs is 1. The molecule has 26 heavy (non-hydrogen) atoms. The molecular formula is C20H28N4O2. The zero-order valence-corrected chi connectivity index (χ0v) is 16.0. The van der Waals surface area contributed by atoms with Crippen LogP contribution in [0, 0.1) is 20.8 Å². The molecule has 1 aliphatic heterocycles. The molecule has 1 amide bonds. The van der Waals surface area contributed by atoms with E-state index < -0.39 is 0 Å². The first-order valence-corrected chi connectivity index (χ1v) is 9.43. The van der Waals surface area contributed by atoms with Crippen molar-refractivity contribution < 1.29 is 4.79 Å². The lowest BCUT2D eigenvalue weighted by Gasteiger charge is -2.15. The standard InChI is InChI=1S/C20H28N4O2/c1-14-12-17-18(13-15(14)2)24(20(26)16(3)22-17)10-6-19(25)21-7-11-23-8-4-5-9-23/h12-13H,4-11H2,1-3H3,(H,21,25). The Balaban J connectivity index is 1.67. The predicted octanol–water partition coefficient (Wildman–Crippen LogP) is 1.92. The van der Waals surface area contributed by atoms with Gasteiger partial charge in [0.25, 0.3) is 5.56 Å². The highest BCUT2D eigenvalue weighted by atomic mass is 16.2. The second-order valence-electron chi connectivity index (χ2n) is 7.23. The molecule has 1 aliphatic rings. The maximum Gasteiger partial charge on any atom is 0.272 e. The number of amides is 1. The van der Waals surface area contributed by atoms with Crippen molar-refractivity contribution in [3.63, 3.8) is 0 Å². The lowest BCUT2D eigenvalue weighted by molar-refractivity contribution is -0.121. The van der Waals surface area contributed by atoms with E-state index in [9.17, 15) is 9.59 Å². The molecular weight excluding hydrogens is 328 g/mol. The third-order valence-electron chi connectivity index (χ3n) is 5.24. The summed E-state index contributed by atoms with van der Waals surface area (Å²) in [6, 6.07) is 3.99. The average Bonchev–Trinajstić information content (AvgIpc) is 3.11. The van der Waals surface area contributed by atoms with Gasteiger partial charge in [0.05, 0.1) is 11.0 Å². The Bertz CT molecular complexity index is 866. The van der Waals surface area contributed by atoms with Crippen molar-refractivity contribution in [1.82, 2.24) is 19.8 Å². The van der Waals surface area contributed by atoms with Gasteiger partial charge in [-0.2, -0.15) is 0 Å². The quantitative estimate of drug-likeness (QED) is 0.859. The van der Waals surface area contributed by atoms with Crippen molar-refractivity contribution in [2.75, 3.05) is 26.2 Å². The Morgan fingerprint density at radius 1 is 1.12 bits per heavy atom. The van der Waals surface area contributed by atoms with Gasteiger partial charge in [0.2, 0.25) is 5.91 Å². The predicted molar refractivity (Wildman–Crippen MR) is 104 cm³/mol. The number of nitrogens with zero attached hydrogens (tertiary/aromatic N) is 3. The first kappa shape index (κ1) is 18.6. The molecule has 1 aromatic carbocycles. The van der Waals surface area contributed by atoms with E-state index in [1.165, 1.54) is 12.8 Å². The number of aryl methyl sites for hydroxylation is 4. The van der Waals surface area contributed by atoms with Crippen LogP contribution in [-0.2, 0) is 11.3 Å². The van der Waals surface area contributed by atoms with Gasteiger partial charge in [-0.1, -0.05) is 0 Å². The Morgan fingerprint density at radius 2 is 1.81 bits per heavy atom. The van der Waals surface area contributed by atoms with Gasteiger partial charge in [0, 0.05) is 26.1 Å². The Morgan fingerprint density at radius 3 is 2.54 bits per heavy atom. The summed E-state index contributed by atoms with van der Waals surface area (Å²) in [5.74, 6) is -0.0115. The van der Waals surface area contributed by atoms with Crippen LogP contribution in [0.4, 0.5) is 0 Å². The maximum absolute atomic E-state index is 12.5. The normalized spacial score (nSPS) is 14.9. The molecule has 2 heterocycles. The molecule has 0 radical (unpaired) electrons. The van der Waals surface area contributed by atoms with Crippen LogP contribution in [0.1, 0.15) is 36.1 Å². The van der Waals surface area contributed by atoms with Gasteiger partial charge in [-0.05, 0) is 70.0 Å². The molecule has 1 N–H and O–H groups in total. The van der Waals surface area contributed by atoms with E-state index in [1.54, 1.807) is 11.5 Å². The fourth-order valence-corrected chi connectivity index (χ4v) is 3.51. The molecule has 0 unspecified atom stereocenters. The van der Waals surface area contributed by atoms with Crippen LogP contribution in [0.15, 0.2) is 16.9 Å². The number of nitrogens with one attached hydrogen (secondary N) is 1. The monoisotopic (exact) mass is 356 g/mol. The van der Waals surface area contributed by atoms with Crippen LogP contribution in [-0.4, -0.2) is 46.5 Å². The second-order valence-corrected chi connectivity index (χ2v) is 7.23. The Hall–Kier alpha value is -2.21. The van der Waals surface area contributed by atoms with Crippen LogP contribution in [0.3, 0.4) is 0 Å². The summed E-state index contributed by atoms with van der Waals surface area (Å²) in [5.41, 5.74) is 4.22. The van der Waals surface area contributed by atoms with E-state index in [0.717, 1.165) is 41.8 Å². The zero-order valence-electron chi connectivity index (χ0n) is 16.0. The Labute approximate surface area is 154 Å². The van der Waals surface area contributed by atoms with Crippen LogP contribution < -0.4 is 10.9 Å². The highest BCUT2D eigenvalue weighted by Gasteiger charge is 2.13. The first-order valence-electron chi connectivity index (χ1n) is 9.43. The summed E-state index contributed by atoms with van der Waals surface area (Å²) in [6.45, 7) is 9.99. The van der Waals surface area contributed by atoms with Crippen molar-refractivity contribution in [3.8, 4) is 0 Å². The van der Waals surface area contributed by atoms with Crippen LogP contribution >= 0.6 is 0 Å². The lowest BCUT2D eigenvalue weighted by Crippen LogP contribution is -2.34. The van der Waals surface area contributed by atoms with E-state index in [1.807, 2.05) is 26.0 Å². The summed E-state index contributed by atoms with van der Waals surface area (Å²) < 4.78 is 1.68. The molecule has 1 saturated heterocycles. The molecule has 6 nitrogen and oxygen atoms in total. The van der Waals surface area contributed by atoms with Crippen LogP contribution in [0.5, 0.6) is 0 Å². The molecule has 2 aromatic rings. The zero-order chi connectivity index (χ0) is 18.7. The van der Waals surface area contributed by atoms with E-state index >= 15 is 0 Å². The van der Waals surface area contributed by atoms with Crippen LogP contribution in [0.25, 0.3) is 11.0 Å². The van der Waals surface area contributed by atoms with Crippen molar-refractivity contribution in [1.29, 1.82) is 0 Å². The molecule has 140 valence electrons. The topological polar surface area (TPSA) is 67.2 Å². The van der Waals surface area contributed by atoms with E-state index in [0.29, 0.717) is 25.2 Å². The number of likely N-dealkylation sites (tertiary alicyclic amines) is 1. The number of hydrogen-bond acceptors (Lipinski definition) is 4. The van der Waals surface area contributed by atoms with Gasteiger partial charge in [-0.3, -0.25) is 9.59 Å². The molecule has 0 spiro atoms. The number of aromatic nitrogens is 2. The largest absolute Gasteiger partial charge is 0.355 e. The highest BCUT2D eigenvalue weighted by molar-refractivity contribution is 5.78. The number of carbonyl (C=O) groups is 1. The second kappa shape index (κ2) is 7.99. The first-order chi connectivity index (χ1) is 12.5.